The lowest BCUT2D eigenvalue weighted by Crippen LogP contribution is -2.21. The molecule has 0 aliphatic heterocycles. The molecule has 0 unspecified atom stereocenters. The van der Waals surface area contributed by atoms with E-state index in [1.807, 2.05) is 20.8 Å². The zero-order chi connectivity index (χ0) is 22.7. The smallest absolute Gasteiger partial charge is 0.341 e. The lowest BCUT2D eigenvalue weighted by Gasteiger charge is -2.11. The molecule has 162 valence electrons. The van der Waals surface area contributed by atoms with Gasteiger partial charge in [0.1, 0.15) is 22.1 Å². The van der Waals surface area contributed by atoms with E-state index >= 15 is 0 Å². The second-order valence-electron chi connectivity index (χ2n) is 6.94. The maximum Gasteiger partial charge on any atom is 0.341 e. The van der Waals surface area contributed by atoms with Gasteiger partial charge in [0.2, 0.25) is 0 Å². The Labute approximate surface area is 188 Å². The van der Waals surface area contributed by atoms with Crippen LogP contribution in [-0.2, 0) is 9.53 Å². The van der Waals surface area contributed by atoms with E-state index in [2.05, 4.69) is 5.32 Å². The Bertz CT molecular complexity index is 1120. The van der Waals surface area contributed by atoms with Gasteiger partial charge in [-0.2, -0.15) is 0 Å². The number of anilines is 1. The summed E-state index contributed by atoms with van der Waals surface area (Å²) in [5.41, 5.74) is 3.17. The van der Waals surface area contributed by atoms with Gasteiger partial charge < -0.3 is 14.8 Å². The number of aryl methyl sites for hydroxylation is 3. The van der Waals surface area contributed by atoms with Crippen LogP contribution in [0.4, 0.5) is 9.39 Å². The molecule has 31 heavy (non-hydrogen) atoms. The predicted molar refractivity (Wildman–Crippen MR) is 121 cm³/mol. The molecule has 3 rings (SSSR count). The lowest BCUT2D eigenvalue weighted by molar-refractivity contribution is -0.118. The number of carbonyl (C=O) groups excluding carboxylic acids is 2. The fourth-order valence-electron chi connectivity index (χ4n) is 3.19. The summed E-state index contributed by atoms with van der Waals surface area (Å²) in [6.07, 6.45) is 0. The van der Waals surface area contributed by atoms with Gasteiger partial charge in [0.15, 0.2) is 6.61 Å². The molecular weight excluding hydrogens is 441 g/mol. The van der Waals surface area contributed by atoms with Gasteiger partial charge in [-0.1, -0.05) is 23.7 Å². The van der Waals surface area contributed by atoms with E-state index in [0.717, 1.165) is 16.0 Å². The minimum absolute atomic E-state index is 0.225. The van der Waals surface area contributed by atoms with Crippen LogP contribution in [-0.4, -0.2) is 25.6 Å². The largest absolute Gasteiger partial charge is 0.484 e. The summed E-state index contributed by atoms with van der Waals surface area (Å²) in [4.78, 5) is 25.8. The summed E-state index contributed by atoms with van der Waals surface area (Å²) in [5.74, 6) is -0.877. The number of carbonyl (C=O) groups is 2. The number of benzene rings is 2. The Hall–Kier alpha value is -2.90. The standard InChI is InChI=1S/C23H21ClFNO4S/c1-12-9-17(10-13(2)21(12)24)30-11-18(27)26-22-20(23(28)29-4)19(14(3)31-22)15-5-7-16(25)8-6-15/h5-10H,11H2,1-4H3,(H,26,27). The second-order valence-corrected chi connectivity index (χ2v) is 8.55. The molecule has 0 spiro atoms. The summed E-state index contributed by atoms with van der Waals surface area (Å²) < 4.78 is 23.9. The van der Waals surface area contributed by atoms with Crippen molar-refractivity contribution in [3.8, 4) is 16.9 Å². The number of nitrogens with one attached hydrogen (secondary N) is 1. The average molecular weight is 462 g/mol. The number of ether oxygens (including phenoxy) is 2. The molecule has 5 nitrogen and oxygen atoms in total. The molecule has 0 aliphatic carbocycles. The van der Waals surface area contributed by atoms with E-state index in [0.29, 0.717) is 26.9 Å². The van der Waals surface area contributed by atoms with Crippen molar-refractivity contribution in [3.63, 3.8) is 0 Å². The number of thiophene rings is 1. The summed E-state index contributed by atoms with van der Waals surface area (Å²) in [6.45, 7) is 5.29. The zero-order valence-corrected chi connectivity index (χ0v) is 19.0. The minimum atomic E-state index is -0.594. The number of hydrogen-bond donors (Lipinski definition) is 1. The number of halogens is 2. The van der Waals surface area contributed by atoms with Gasteiger partial charge in [-0.3, -0.25) is 4.79 Å². The van der Waals surface area contributed by atoms with Crippen molar-refractivity contribution in [3.05, 3.63) is 68.8 Å². The van der Waals surface area contributed by atoms with Crippen molar-refractivity contribution >= 4 is 39.8 Å². The van der Waals surface area contributed by atoms with E-state index in [4.69, 9.17) is 21.1 Å². The van der Waals surface area contributed by atoms with Crippen LogP contribution < -0.4 is 10.1 Å². The fourth-order valence-corrected chi connectivity index (χ4v) is 4.38. The summed E-state index contributed by atoms with van der Waals surface area (Å²) in [6, 6.07) is 9.30. The predicted octanol–water partition coefficient (Wildman–Crippen LogP) is 5.94. The highest BCUT2D eigenvalue weighted by molar-refractivity contribution is 7.17. The Kier molecular flexibility index (Phi) is 6.97. The van der Waals surface area contributed by atoms with Gasteiger partial charge >= 0.3 is 5.97 Å². The molecule has 0 bridgehead atoms. The molecular formula is C23H21ClFNO4S. The first kappa shape index (κ1) is 22.8. The molecule has 1 amide bonds. The van der Waals surface area contributed by atoms with E-state index in [9.17, 15) is 14.0 Å². The van der Waals surface area contributed by atoms with Gasteiger partial charge in [0, 0.05) is 15.5 Å². The molecule has 0 fully saturated rings. The first-order valence-electron chi connectivity index (χ1n) is 9.38. The lowest BCUT2D eigenvalue weighted by atomic mass is 10.0. The van der Waals surface area contributed by atoms with Gasteiger partial charge in [-0.15, -0.1) is 11.3 Å². The highest BCUT2D eigenvalue weighted by Gasteiger charge is 2.25. The third-order valence-corrected chi connectivity index (χ3v) is 6.26. The van der Waals surface area contributed by atoms with Crippen LogP contribution in [0.25, 0.3) is 11.1 Å². The number of esters is 1. The Morgan fingerprint density at radius 1 is 1.10 bits per heavy atom. The molecule has 1 heterocycles. The maximum absolute atomic E-state index is 13.3. The minimum Gasteiger partial charge on any atom is -0.484 e. The molecule has 0 atom stereocenters. The maximum atomic E-state index is 13.3. The van der Waals surface area contributed by atoms with Crippen molar-refractivity contribution in [1.29, 1.82) is 0 Å². The highest BCUT2D eigenvalue weighted by atomic mass is 35.5. The number of rotatable bonds is 6. The second kappa shape index (κ2) is 9.49. The van der Waals surface area contributed by atoms with Gasteiger partial charge in [0.25, 0.3) is 5.91 Å². The molecule has 0 saturated heterocycles. The van der Waals surface area contributed by atoms with Gasteiger partial charge in [-0.05, 0) is 61.7 Å². The molecule has 1 N–H and O–H groups in total. The SMILES string of the molecule is COC(=O)c1c(NC(=O)COc2cc(C)c(Cl)c(C)c2)sc(C)c1-c1ccc(F)cc1. The average Bonchev–Trinajstić information content (AvgIpc) is 3.05. The Balaban J connectivity index is 1.84. The van der Waals surface area contributed by atoms with Crippen molar-refractivity contribution in [2.75, 3.05) is 19.0 Å². The van der Waals surface area contributed by atoms with Crippen LogP contribution in [0.5, 0.6) is 5.75 Å². The molecule has 3 aromatic rings. The van der Waals surface area contributed by atoms with Crippen molar-refractivity contribution < 1.29 is 23.5 Å². The molecule has 0 saturated carbocycles. The van der Waals surface area contributed by atoms with E-state index in [-0.39, 0.29) is 18.0 Å². The first-order chi connectivity index (χ1) is 14.7. The van der Waals surface area contributed by atoms with E-state index < -0.39 is 11.9 Å². The Morgan fingerprint density at radius 2 is 1.71 bits per heavy atom. The third-order valence-electron chi connectivity index (χ3n) is 4.64. The molecule has 2 aromatic carbocycles. The Morgan fingerprint density at radius 3 is 2.29 bits per heavy atom. The third kappa shape index (κ3) is 5.06. The van der Waals surface area contributed by atoms with Crippen LogP contribution in [0.15, 0.2) is 36.4 Å². The van der Waals surface area contributed by atoms with Crippen molar-refractivity contribution in [1.82, 2.24) is 0 Å². The van der Waals surface area contributed by atoms with Crippen LogP contribution >= 0.6 is 22.9 Å². The first-order valence-corrected chi connectivity index (χ1v) is 10.6. The van der Waals surface area contributed by atoms with Gasteiger partial charge in [0.05, 0.1) is 7.11 Å². The van der Waals surface area contributed by atoms with Crippen molar-refractivity contribution in [2.24, 2.45) is 0 Å². The fraction of sp³-hybridized carbons (Fsp3) is 0.217. The molecule has 1 aromatic heterocycles. The number of amides is 1. The van der Waals surface area contributed by atoms with E-state index in [1.54, 1.807) is 24.3 Å². The molecule has 8 heteroatoms. The zero-order valence-electron chi connectivity index (χ0n) is 17.5. The molecule has 0 radical (unpaired) electrons. The quantitative estimate of drug-likeness (QED) is 0.461. The van der Waals surface area contributed by atoms with Crippen LogP contribution in [0.1, 0.15) is 26.4 Å². The summed E-state index contributed by atoms with van der Waals surface area (Å²) in [5, 5.41) is 3.74. The van der Waals surface area contributed by atoms with Crippen LogP contribution in [0, 0.1) is 26.6 Å². The topological polar surface area (TPSA) is 64.6 Å². The van der Waals surface area contributed by atoms with Crippen LogP contribution in [0.3, 0.4) is 0 Å². The van der Waals surface area contributed by atoms with Crippen molar-refractivity contribution in [2.45, 2.75) is 20.8 Å². The number of hydrogen-bond acceptors (Lipinski definition) is 5. The number of methoxy groups -OCH3 is 1. The normalized spacial score (nSPS) is 10.6. The van der Waals surface area contributed by atoms with E-state index in [1.165, 1.54) is 30.6 Å². The summed E-state index contributed by atoms with van der Waals surface area (Å²) >= 11 is 7.40. The van der Waals surface area contributed by atoms with Crippen LogP contribution in [0.2, 0.25) is 5.02 Å². The van der Waals surface area contributed by atoms with Gasteiger partial charge in [-0.25, -0.2) is 9.18 Å². The monoisotopic (exact) mass is 461 g/mol. The summed E-state index contributed by atoms with van der Waals surface area (Å²) in [7, 11) is 1.27. The molecule has 0 aliphatic rings. The highest BCUT2D eigenvalue weighted by Crippen LogP contribution is 2.40.